The predicted molar refractivity (Wildman–Crippen MR) is 160 cm³/mol. The molecule has 1 saturated heterocycles. The number of imidazole rings is 1. The SMILES string of the molecule is COc1ccc2c(n1)n1c(C)nc(C)c1c(=O)n2CCCN1CCC(C(O)(c2ccccc2)c2ccccc2)CC1. The fraction of sp³-hybridized carbons (Fsp3) is 0.364. The lowest BCUT2D eigenvalue weighted by Gasteiger charge is -2.42. The summed E-state index contributed by atoms with van der Waals surface area (Å²) in [7, 11) is 1.59. The number of ether oxygens (including phenoxy) is 1. The summed E-state index contributed by atoms with van der Waals surface area (Å²) in [6.45, 7) is 7.03. The fourth-order valence-electron chi connectivity index (χ4n) is 6.60. The predicted octanol–water partition coefficient (Wildman–Crippen LogP) is 4.71. The van der Waals surface area contributed by atoms with Crippen LogP contribution in [0.1, 0.15) is 41.9 Å². The summed E-state index contributed by atoms with van der Waals surface area (Å²) in [5, 5.41) is 12.2. The van der Waals surface area contributed by atoms with Crippen LogP contribution in [0, 0.1) is 19.8 Å². The topological polar surface area (TPSA) is 84.9 Å². The van der Waals surface area contributed by atoms with E-state index in [1.807, 2.05) is 89.5 Å². The number of hydrogen-bond acceptors (Lipinski definition) is 6. The lowest BCUT2D eigenvalue weighted by molar-refractivity contribution is -0.0143. The summed E-state index contributed by atoms with van der Waals surface area (Å²) in [6.07, 6.45) is 2.62. The van der Waals surface area contributed by atoms with Crippen LogP contribution >= 0.6 is 0 Å². The van der Waals surface area contributed by atoms with Crippen molar-refractivity contribution in [2.24, 2.45) is 5.92 Å². The van der Waals surface area contributed by atoms with Gasteiger partial charge >= 0.3 is 0 Å². The maximum Gasteiger partial charge on any atom is 0.277 e. The number of aliphatic hydroxyl groups is 1. The van der Waals surface area contributed by atoms with Crippen molar-refractivity contribution in [1.82, 2.24) is 23.8 Å². The maximum atomic E-state index is 13.6. The zero-order valence-electron chi connectivity index (χ0n) is 24.0. The van der Waals surface area contributed by atoms with Gasteiger partial charge in [-0.15, -0.1) is 0 Å². The molecule has 1 fully saturated rings. The second-order valence-corrected chi connectivity index (χ2v) is 11.0. The van der Waals surface area contributed by atoms with Crippen molar-refractivity contribution in [2.45, 2.75) is 45.3 Å². The summed E-state index contributed by atoms with van der Waals surface area (Å²) in [5.41, 5.74) is 3.56. The zero-order valence-corrected chi connectivity index (χ0v) is 24.0. The molecular weight excluding hydrogens is 514 g/mol. The van der Waals surface area contributed by atoms with E-state index in [1.54, 1.807) is 13.2 Å². The van der Waals surface area contributed by atoms with Crippen molar-refractivity contribution in [2.75, 3.05) is 26.7 Å². The van der Waals surface area contributed by atoms with Gasteiger partial charge in [0, 0.05) is 12.6 Å². The van der Waals surface area contributed by atoms with E-state index in [0.717, 1.165) is 61.4 Å². The van der Waals surface area contributed by atoms with Gasteiger partial charge in [-0.3, -0.25) is 9.20 Å². The first-order chi connectivity index (χ1) is 19.9. The first-order valence-electron chi connectivity index (χ1n) is 14.4. The molecule has 0 aliphatic carbocycles. The Morgan fingerprint density at radius 3 is 2.15 bits per heavy atom. The molecule has 0 spiro atoms. The average molecular weight is 552 g/mol. The monoisotopic (exact) mass is 551 g/mol. The Kier molecular flexibility index (Phi) is 7.36. The van der Waals surface area contributed by atoms with Crippen LogP contribution in [-0.2, 0) is 12.1 Å². The van der Waals surface area contributed by atoms with E-state index in [2.05, 4.69) is 14.9 Å². The van der Waals surface area contributed by atoms with Gasteiger partial charge in [-0.1, -0.05) is 60.7 Å². The minimum atomic E-state index is -1.02. The highest BCUT2D eigenvalue weighted by Gasteiger charge is 2.41. The zero-order chi connectivity index (χ0) is 28.6. The van der Waals surface area contributed by atoms with E-state index < -0.39 is 5.60 Å². The second-order valence-electron chi connectivity index (χ2n) is 11.0. The third-order valence-corrected chi connectivity index (χ3v) is 8.67. The largest absolute Gasteiger partial charge is 0.481 e. The summed E-state index contributed by atoms with van der Waals surface area (Å²) in [5.74, 6) is 1.36. The Labute approximate surface area is 239 Å². The number of likely N-dealkylation sites (tertiary alicyclic amines) is 1. The van der Waals surface area contributed by atoms with Crippen molar-refractivity contribution in [3.8, 4) is 5.88 Å². The molecule has 0 bridgehead atoms. The minimum absolute atomic E-state index is 0.0444. The lowest BCUT2D eigenvalue weighted by Crippen LogP contribution is -2.44. The van der Waals surface area contributed by atoms with Crippen LogP contribution in [0.5, 0.6) is 5.88 Å². The molecule has 1 aliphatic rings. The van der Waals surface area contributed by atoms with Crippen LogP contribution in [-0.4, -0.2) is 55.7 Å². The molecule has 0 unspecified atom stereocenters. The van der Waals surface area contributed by atoms with Gasteiger partial charge in [0.2, 0.25) is 5.88 Å². The first kappa shape index (κ1) is 27.2. The van der Waals surface area contributed by atoms with Gasteiger partial charge in [-0.05, 0) is 75.9 Å². The van der Waals surface area contributed by atoms with Gasteiger partial charge in [-0.25, -0.2) is 4.98 Å². The molecule has 41 heavy (non-hydrogen) atoms. The van der Waals surface area contributed by atoms with Crippen molar-refractivity contribution in [1.29, 1.82) is 0 Å². The molecular formula is C33H37N5O3. The van der Waals surface area contributed by atoms with E-state index >= 15 is 0 Å². The summed E-state index contributed by atoms with van der Waals surface area (Å²) >= 11 is 0. The first-order valence-corrected chi connectivity index (χ1v) is 14.4. The Balaban J connectivity index is 1.19. The highest BCUT2D eigenvalue weighted by molar-refractivity contribution is 5.77. The second kappa shape index (κ2) is 11.1. The third-order valence-electron chi connectivity index (χ3n) is 8.67. The van der Waals surface area contributed by atoms with E-state index in [9.17, 15) is 9.90 Å². The molecule has 3 aromatic heterocycles. The number of piperidine rings is 1. The number of benzene rings is 2. The maximum absolute atomic E-state index is 13.6. The van der Waals surface area contributed by atoms with Crippen LogP contribution in [0.15, 0.2) is 77.6 Å². The van der Waals surface area contributed by atoms with Crippen molar-refractivity contribution in [3.05, 3.63) is 106 Å². The van der Waals surface area contributed by atoms with Gasteiger partial charge in [0.05, 0.1) is 18.3 Å². The normalized spacial score (nSPS) is 15.1. The standard InChI is InChI=1S/C33H37N5O3/c1-23-30-32(39)37(28-15-16-29(41-3)35-31(28)38(30)24(2)34-23)20-10-19-36-21-17-27(18-22-36)33(40,25-11-6-4-7-12-25)26-13-8-5-9-14-26/h4-9,11-16,27,40H,10,17-22H2,1-3H3. The lowest BCUT2D eigenvalue weighted by atomic mass is 9.72. The summed E-state index contributed by atoms with van der Waals surface area (Å²) in [4.78, 5) is 25.3. The van der Waals surface area contributed by atoms with Crippen molar-refractivity contribution >= 4 is 16.7 Å². The molecule has 1 aliphatic heterocycles. The number of nitrogens with zero attached hydrogens (tertiary/aromatic N) is 5. The Morgan fingerprint density at radius 2 is 1.54 bits per heavy atom. The van der Waals surface area contributed by atoms with E-state index in [-0.39, 0.29) is 11.5 Å². The van der Waals surface area contributed by atoms with Gasteiger partial charge in [0.25, 0.3) is 5.56 Å². The molecule has 212 valence electrons. The number of rotatable bonds is 8. The summed E-state index contributed by atoms with van der Waals surface area (Å²) < 4.78 is 9.06. The Morgan fingerprint density at radius 1 is 0.902 bits per heavy atom. The van der Waals surface area contributed by atoms with Gasteiger partial charge in [0.15, 0.2) is 5.65 Å². The Hall–Kier alpha value is -4.01. The number of methoxy groups -OCH3 is 1. The smallest absolute Gasteiger partial charge is 0.277 e. The van der Waals surface area contributed by atoms with Crippen LogP contribution < -0.4 is 10.3 Å². The van der Waals surface area contributed by atoms with E-state index in [1.165, 1.54) is 0 Å². The van der Waals surface area contributed by atoms with Crippen LogP contribution in [0.25, 0.3) is 16.7 Å². The molecule has 5 aromatic rings. The molecule has 8 nitrogen and oxygen atoms in total. The Bertz CT molecular complexity index is 1680. The average Bonchev–Trinajstić information content (AvgIpc) is 3.33. The van der Waals surface area contributed by atoms with E-state index in [0.29, 0.717) is 29.3 Å². The van der Waals surface area contributed by atoms with Gasteiger partial charge in [0.1, 0.15) is 16.9 Å². The molecule has 0 atom stereocenters. The molecule has 8 heteroatoms. The highest BCUT2D eigenvalue weighted by Crippen LogP contribution is 2.41. The fourth-order valence-corrected chi connectivity index (χ4v) is 6.60. The molecule has 4 heterocycles. The van der Waals surface area contributed by atoms with Crippen molar-refractivity contribution < 1.29 is 9.84 Å². The minimum Gasteiger partial charge on any atom is -0.481 e. The van der Waals surface area contributed by atoms with E-state index in [4.69, 9.17) is 4.74 Å². The quantitative estimate of drug-likeness (QED) is 0.301. The number of aryl methyl sites for hydroxylation is 3. The molecule has 2 aromatic carbocycles. The van der Waals surface area contributed by atoms with Crippen LogP contribution in [0.4, 0.5) is 0 Å². The third kappa shape index (κ3) is 4.81. The van der Waals surface area contributed by atoms with Crippen molar-refractivity contribution in [3.63, 3.8) is 0 Å². The highest BCUT2D eigenvalue weighted by atomic mass is 16.5. The molecule has 0 amide bonds. The van der Waals surface area contributed by atoms with Crippen LogP contribution in [0.2, 0.25) is 0 Å². The number of hydrogen-bond donors (Lipinski definition) is 1. The van der Waals surface area contributed by atoms with Gasteiger partial charge < -0.3 is 19.3 Å². The number of fused-ring (bicyclic) bond motifs is 3. The molecule has 6 rings (SSSR count). The number of pyridine rings is 1. The molecule has 0 radical (unpaired) electrons. The van der Waals surface area contributed by atoms with Crippen LogP contribution in [0.3, 0.4) is 0 Å². The molecule has 1 N–H and O–H groups in total. The number of aromatic nitrogens is 4. The van der Waals surface area contributed by atoms with Gasteiger partial charge in [-0.2, -0.15) is 4.98 Å². The molecule has 0 saturated carbocycles. The summed E-state index contributed by atoms with van der Waals surface area (Å²) in [6, 6.07) is 23.8.